The molecule has 0 fully saturated rings. The second kappa shape index (κ2) is 5.04. The van der Waals surface area contributed by atoms with Gasteiger partial charge in [-0.05, 0) is 29.7 Å². The van der Waals surface area contributed by atoms with Crippen molar-refractivity contribution in [3.8, 4) is 16.9 Å². The molecular formula is C14H16N2O2. The van der Waals surface area contributed by atoms with E-state index in [4.69, 9.17) is 4.74 Å². The van der Waals surface area contributed by atoms with Gasteiger partial charge in [-0.2, -0.15) is 5.10 Å². The molecular weight excluding hydrogens is 228 g/mol. The van der Waals surface area contributed by atoms with Crippen molar-refractivity contribution in [2.24, 2.45) is 0 Å². The van der Waals surface area contributed by atoms with E-state index < -0.39 is 0 Å². The van der Waals surface area contributed by atoms with E-state index in [1.54, 1.807) is 7.11 Å². The highest BCUT2D eigenvalue weighted by atomic mass is 16.5. The normalized spacial score (nSPS) is 10.7. The fourth-order valence-electron chi connectivity index (χ4n) is 1.72. The number of benzene rings is 1. The van der Waals surface area contributed by atoms with E-state index in [1.165, 1.54) is 0 Å². The maximum atomic E-state index is 11.8. The number of nitrogens with one attached hydrogen (secondary N) is 1. The Balaban J connectivity index is 2.55. The molecule has 0 spiro atoms. The molecule has 1 heterocycles. The van der Waals surface area contributed by atoms with Crippen LogP contribution in [0.1, 0.15) is 25.5 Å². The zero-order valence-electron chi connectivity index (χ0n) is 10.7. The summed E-state index contributed by atoms with van der Waals surface area (Å²) in [5.74, 6) is 1.00. The predicted octanol–water partition coefficient (Wildman–Crippen LogP) is 2.57. The van der Waals surface area contributed by atoms with Crippen LogP contribution in [0.2, 0.25) is 0 Å². The maximum Gasteiger partial charge on any atom is 0.272 e. The first kappa shape index (κ1) is 12.4. The first-order valence-electron chi connectivity index (χ1n) is 5.86. The van der Waals surface area contributed by atoms with Crippen molar-refractivity contribution in [3.05, 3.63) is 46.4 Å². The van der Waals surface area contributed by atoms with Crippen molar-refractivity contribution < 1.29 is 4.74 Å². The van der Waals surface area contributed by atoms with Crippen LogP contribution in [0.15, 0.2) is 35.1 Å². The van der Waals surface area contributed by atoms with Crippen molar-refractivity contribution in [3.63, 3.8) is 0 Å². The van der Waals surface area contributed by atoms with Crippen molar-refractivity contribution in [1.82, 2.24) is 10.2 Å². The second-order valence-corrected chi connectivity index (χ2v) is 4.42. The third-order valence-corrected chi connectivity index (χ3v) is 2.80. The number of methoxy groups -OCH3 is 1. The van der Waals surface area contributed by atoms with E-state index in [0.717, 1.165) is 17.0 Å². The van der Waals surface area contributed by atoms with Crippen LogP contribution in [0.3, 0.4) is 0 Å². The summed E-state index contributed by atoms with van der Waals surface area (Å²) in [6, 6.07) is 9.27. The molecule has 2 rings (SSSR count). The number of rotatable bonds is 3. The van der Waals surface area contributed by atoms with Gasteiger partial charge in [-0.15, -0.1) is 0 Å². The van der Waals surface area contributed by atoms with Gasteiger partial charge in [0.1, 0.15) is 5.75 Å². The van der Waals surface area contributed by atoms with E-state index in [1.807, 2.05) is 44.2 Å². The minimum atomic E-state index is -0.187. The molecule has 18 heavy (non-hydrogen) atoms. The molecule has 0 aliphatic rings. The van der Waals surface area contributed by atoms with E-state index in [-0.39, 0.29) is 11.5 Å². The second-order valence-electron chi connectivity index (χ2n) is 4.42. The fourth-order valence-corrected chi connectivity index (χ4v) is 1.72. The lowest BCUT2D eigenvalue weighted by atomic mass is 10.0. The van der Waals surface area contributed by atoms with Crippen molar-refractivity contribution in [2.75, 3.05) is 7.11 Å². The zero-order chi connectivity index (χ0) is 13.1. The molecule has 0 unspecified atom stereocenters. The van der Waals surface area contributed by atoms with Crippen LogP contribution >= 0.6 is 0 Å². The summed E-state index contributed by atoms with van der Waals surface area (Å²) in [6.07, 6.45) is 0. The van der Waals surface area contributed by atoms with Gasteiger partial charge in [-0.1, -0.05) is 26.0 Å². The fraction of sp³-hybridized carbons (Fsp3) is 0.286. The third kappa shape index (κ3) is 2.42. The highest BCUT2D eigenvalue weighted by molar-refractivity contribution is 5.64. The van der Waals surface area contributed by atoms with Crippen molar-refractivity contribution in [2.45, 2.75) is 19.8 Å². The number of H-pyrrole nitrogens is 1. The van der Waals surface area contributed by atoms with Gasteiger partial charge >= 0.3 is 0 Å². The average molecular weight is 244 g/mol. The summed E-state index contributed by atoms with van der Waals surface area (Å²) in [5.41, 5.74) is 2.13. The van der Waals surface area contributed by atoms with Crippen LogP contribution in [-0.4, -0.2) is 17.3 Å². The summed E-state index contributed by atoms with van der Waals surface area (Å²) >= 11 is 0. The molecule has 1 aromatic heterocycles. The molecule has 2 aromatic rings. The van der Waals surface area contributed by atoms with Gasteiger partial charge < -0.3 is 4.74 Å². The van der Waals surface area contributed by atoms with E-state index in [9.17, 15) is 4.79 Å². The quantitative estimate of drug-likeness (QED) is 0.902. The Kier molecular flexibility index (Phi) is 3.46. The minimum absolute atomic E-state index is 0.187. The highest BCUT2D eigenvalue weighted by Gasteiger charge is 2.09. The summed E-state index contributed by atoms with van der Waals surface area (Å²) in [6.45, 7) is 4.08. The predicted molar refractivity (Wildman–Crippen MR) is 70.9 cm³/mol. The Morgan fingerprint density at radius 1 is 1.28 bits per heavy atom. The summed E-state index contributed by atoms with van der Waals surface area (Å²) < 4.78 is 5.17. The Morgan fingerprint density at radius 3 is 2.72 bits per heavy atom. The van der Waals surface area contributed by atoms with Gasteiger partial charge in [-0.3, -0.25) is 4.79 Å². The zero-order valence-corrected chi connectivity index (χ0v) is 10.7. The molecule has 0 saturated carbocycles. The molecule has 94 valence electrons. The Morgan fingerprint density at radius 2 is 2.06 bits per heavy atom. The number of aromatic nitrogens is 2. The van der Waals surface area contributed by atoms with E-state index in [2.05, 4.69) is 10.2 Å². The molecule has 0 amide bonds. The van der Waals surface area contributed by atoms with Gasteiger partial charge in [0.05, 0.1) is 18.4 Å². The highest BCUT2D eigenvalue weighted by Crippen LogP contribution is 2.22. The molecule has 1 N–H and O–H groups in total. The molecule has 0 bridgehead atoms. The molecule has 0 atom stereocenters. The standard InChI is InChI=1S/C14H16N2O2/c1-9(2)13-8-12(14(17)16-15-13)10-5-4-6-11(7-10)18-3/h4-9H,1-3H3,(H,16,17). The molecule has 1 aromatic carbocycles. The van der Waals surface area contributed by atoms with Gasteiger partial charge in [-0.25, -0.2) is 5.10 Å². The Hall–Kier alpha value is -2.10. The molecule has 4 heteroatoms. The van der Waals surface area contributed by atoms with Gasteiger partial charge in [0.2, 0.25) is 0 Å². The number of hydrogen-bond donors (Lipinski definition) is 1. The first-order valence-corrected chi connectivity index (χ1v) is 5.86. The lowest BCUT2D eigenvalue weighted by Gasteiger charge is -2.07. The number of nitrogens with zero attached hydrogens (tertiary/aromatic N) is 1. The van der Waals surface area contributed by atoms with Gasteiger partial charge in [0, 0.05) is 0 Å². The molecule has 0 aliphatic carbocycles. The number of hydrogen-bond acceptors (Lipinski definition) is 3. The van der Waals surface area contributed by atoms with Crippen LogP contribution in [0.5, 0.6) is 5.75 Å². The van der Waals surface area contributed by atoms with Crippen LogP contribution in [-0.2, 0) is 0 Å². The van der Waals surface area contributed by atoms with Crippen LogP contribution in [0.4, 0.5) is 0 Å². The number of aromatic amines is 1. The Bertz CT molecular complexity index is 603. The lowest BCUT2D eigenvalue weighted by Crippen LogP contribution is -2.13. The molecule has 4 nitrogen and oxygen atoms in total. The lowest BCUT2D eigenvalue weighted by molar-refractivity contribution is 0.415. The van der Waals surface area contributed by atoms with Crippen LogP contribution in [0, 0.1) is 0 Å². The summed E-state index contributed by atoms with van der Waals surface area (Å²) in [4.78, 5) is 11.8. The van der Waals surface area contributed by atoms with Gasteiger partial charge in [0.15, 0.2) is 0 Å². The SMILES string of the molecule is COc1cccc(-c2cc(C(C)C)n[nH]c2=O)c1. The average Bonchev–Trinajstić information content (AvgIpc) is 2.39. The molecule has 0 saturated heterocycles. The summed E-state index contributed by atoms with van der Waals surface area (Å²) in [5, 5.41) is 6.58. The summed E-state index contributed by atoms with van der Waals surface area (Å²) in [7, 11) is 1.61. The third-order valence-electron chi connectivity index (χ3n) is 2.80. The van der Waals surface area contributed by atoms with E-state index >= 15 is 0 Å². The van der Waals surface area contributed by atoms with Crippen LogP contribution < -0.4 is 10.3 Å². The molecule has 0 aliphatic heterocycles. The smallest absolute Gasteiger partial charge is 0.272 e. The maximum absolute atomic E-state index is 11.8. The van der Waals surface area contributed by atoms with Crippen molar-refractivity contribution in [1.29, 1.82) is 0 Å². The number of ether oxygens (including phenoxy) is 1. The molecule has 0 radical (unpaired) electrons. The monoisotopic (exact) mass is 244 g/mol. The van der Waals surface area contributed by atoms with E-state index in [0.29, 0.717) is 5.56 Å². The van der Waals surface area contributed by atoms with Gasteiger partial charge in [0.25, 0.3) is 5.56 Å². The first-order chi connectivity index (χ1) is 8.61. The largest absolute Gasteiger partial charge is 0.497 e. The van der Waals surface area contributed by atoms with Crippen molar-refractivity contribution >= 4 is 0 Å². The van der Waals surface area contributed by atoms with Crippen LogP contribution in [0.25, 0.3) is 11.1 Å². The topological polar surface area (TPSA) is 55.0 Å². The Labute approximate surface area is 106 Å². The minimum Gasteiger partial charge on any atom is -0.497 e.